The second-order valence-electron chi connectivity index (χ2n) is 3.84. The third kappa shape index (κ3) is 2.93. The quantitative estimate of drug-likeness (QED) is 0.481. The van der Waals surface area contributed by atoms with Gasteiger partial charge in [0, 0.05) is 5.56 Å². The molecule has 19 heavy (non-hydrogen) atoms. The van der Waals surface area contributed by atoms with Crippen LogP contribution >= 0.6 is 11.6 Å². The summed E-state index contributed by atoms with van der Waals surface area (Å²) in [6, 6.07) is 10.1. The average molecular weight is 270 g/mol. The fraction of sp³-hybridized carbons (Fsp3) is 0. The van der Waals surface area contributed by atoms with Crippen molar-refractivity contribution in [3.8, 4) is 17.7 Å². The van der Waals surface area contributed by atoms with Gasteiger partial charge in [0.2, 0.25) is 5.88 Å². The maximum absolute atomic E-state index is 10.9. The Balaban J connectivity index is 2.39. The zero-order chi connectivity index (χ0) is 13.8. The first-order chi connectivity index (χ1) is 9.13. The van der Waals surface area contributed by atoms with Crippen molar-refractivity contribution in [3.05, 3.63) is 46.6 Å². The molecule has 0 aliphatic carbocycles. The molecule has 0 N–H and O–H groups in total. The number of carbonyl (C=O) groups is 1. The molecular weight excluding hydrogens is 262 g/mol. The maximum Gasteiger partial charge on any atom is 0.238 e. The van der Waals surface area contributed by atoms with Crippen molar-refractivity contribution >= 4 is 31.2 Å². The largest absolute Gasteiger partial charge is 0.438 e. The van der Waals surface area contributed by atoms with Gasteiger partial charge in [0.05, 0.1) is 0 Å². The van der Waals surface area contributed by atoms with Crippen molar-refractivity contribution in [1.82, 2.24) is 4.98 Å². The van der Waals surface area contributed by atoms with Crippen LogP contribution in [0.25, 0.3) is 0 Å². The van der Waals surface area contributed by atoms with Crippen LogP contribution in [0, 0.1) is 11.3 Å². The van der Waals surface area contributed by atoms with Gasteiger partial charge in [0.25, 0.3) is 0 Å². The first-order valence-corrected chi connectivity index (χ1v) is 5.82. The van der Waals surface area contributed by atoms with Crippen LogP contribution in [0.2, 0.25) is 5.15 Å². The fourth-order valence-electron chi connectivity index (χ4n) is 1.50. The van der Waals surface area contributed by atoms with Gasteiger partial charge < -0.3 is 4.74 Å². The summed E-state index contributed by atoms with van der Waals surface area (Å²) in [5, 5.41) is 9.20. The molecule has 0 unspecified atom stereocenters. The molecule has 0 atom stereocenters. The summed E-state index contributed by atoms with van der Waals surface area (Å²) in [4.78, 5) is 14.8. The molecule has 0 spiro atoms. The molecule has 0 radical (unpaired) electrons. The Morgan fingerprint density at radius 2 is 2.16 bits per heavy atom. The predicted molar refractivity (Wildman–Crippen MR) is 74.0 cm³/mol. The molecule has 0 amide bonds. The van der Waals surface area contributed by atoms with Gasteiger partial charge in [0.15, 0.2) is 0 Å². The number of ether oxygens (including phenoxy) is 1. The van der Waals surface area contributed by atoms with E-state index in [1.165, 1.54) is 12.1 Å². The Hall–Kier alpha value is -2.32. The number of nitriles is 1. The molecule has 0 aliphatic rings. The highest BCUT2D eigenvalue weighted by Crippen LogP contribution is 2.24. The minimum absolute atomic E-state index is 0.121. The van der Waals surface area contributed by atoms with E-state index in [4.69, 9.17) is 21.6 Å². The number of hydrogen-bond donors (Lipinski definition) is 0. The number of hydrogen-bond acceptors (Lipinski definition) is 4. The molecule has 92 valence electrons. The first kappa shape index (κ1) is 13.1. The molecule has 1 aromatic carbocycles. The van der Waals surface area contributed by atoms with E-state index < -0.39 is 0 Å². The lowest BCUT2D eigenvalue weighted by Gasteiger charge is -2.08. The summed E-state index contributed by atoms with van der Waals surface area (Å²) < 4.78 is 5.50. The van der Waals surface area contributed by atoms with E-state index in [9.17, 15) is 4.79 Å². The highest BCUT2D eigenvalue weighted by molar-refractivity contribution is 6.35. The first-order valence-electron chi connectivity index (χ1n) is 5.44. The molecule has 0 bridgehead atoms. The standard InChI is InChI=1S/C13H8BClN2O2/c14-11-3-2-10(5-9(11)7-18)19-13-8(6-16)1-4-12(15)17-13/h1-5,7H,14H2. The van der Waals surface area contributed by atoms with Gasteiger partial charge in [-0.3, -0.25) is 4.79 Å². The lowest BCUT2D eigenvalue weighted by Crippen LogP contribution is -2.09. The highest BCUT2D eigenvalue weighted by atomic mass is 35.5. The van der Waals surface area contributed by atoms with E-state index in [2.05, 4.69) is 4.98 Å². The minimum Gasteiger partial charge on any atom is -0.438 e. The van der Waals surface area contributed by atoms with Crippen molar-refractivity contribution in [2.75, 3.05) is 0 Å². The van der Waals surface area contributed by atoms with E-state index in [-0.39, 0.29) is 16.6 Å². The molecule has 1 aromatic heterocycles. The van der Waals surface area contributed by atoms with Crippen molar-refractivity contribution in [1.29, 1.82) is 5.26 Å². The van der Waals surface area contributed by atoms with Crippen LogP contribution in [0.5, 0.6) is 11.6 Å². The third-order valence-corrected chi connectivity index (χ3v) is 2.75. The lowest BCUT2D eigenvalue weighted by molar-refractivity contribution is 0.112. The van der Waals surface area contributed by atoms with Crippen LogP contribution in [-0.4, -0.2) is 19.1 Å². The van der Waals surface area contributed by atoms with Gasteiger partial charge in [-0.25, -0.2) is 4.98 Å². The average Bonchev–Trinajstić information content (AvgIpc) is 2.41. The summed E-state index contributed by atoms with van der Waals surface area (Å²) in [5.74, 6) is 0.551. The Bertz CT molecular complexity index is 683. The molecule has 0 fully saturated rings. The minimum atomic E-state index is 0.121. The molecule has 2 rings (SSSR count). The van der Waals surface area contributed by atoms with Crippen molar-refractivity contribution in [3.63, 3.8) is 0 Å². The van der Waals surface area contributed by atoms with E-state index >= 15 is 0 Å². The predicted octanol–water partition coefficient (Wildman–Crippen LogP) is 1.47. The number of halogens is 1. The van der Waals surface area contributed by atoms with Crippen molar-refractivity contribution in [2.45, 2.75) is 0 Å². The smallest absolute Gasteiger partial charge is 0.238 e. The van der Waals surface area contributed by atoms with Gasteiger partial charge in [-0.1, -0.05) is 23.1 Å². The van der Waals surface area contributed by atoms with Gasteiger partial charge in [-0.15, -0.1) is 0 Å². The SMILES string of the molecule is Bc1ccc(Oc2nc(Cl)ccc2C#N)cc1C=O. The molecule has 6 heteroatoms. The molecule has 0 aliphatic heterocycles. The number of nitrogens with zero attached hydrogens (tertiary/aromatic N) is 2. The number of pyridine rings is 1. The van der Waals surface area contributed by atoms with E-state index in [0.717, 1.165) is 11.7 Å². The summed E-state index contributed by atoms with van der Waals surface area (Å²) in [7, 11) is 1.83. The number of aldehydes is 1. The lowest BCUT2D eigenvalue weighted by atomic mass is 9.91. The van der Waals surface area contributed by atoms with Crippen molar-refractivity contribution in [2.24, 2.45) is 0 Å². The third-order valence-electron chi connectivity index (χ3n) is 2.54. The number of rotatable bonds is 3. The Kier molecular flexibility index (Phi) is 3.83. The Labute approximate surface area is 116 Å². The van der Waals surface area contributed by atoms with E-state index in [1.807, 2.05) is 13.9 Å². The van der Waals surface area contributed by atoms with Crippen molar-refractivity contribution < 1.29 is 9.53 Å². The summed E-state index contributed by atoms with van der Waals surface area (Å²) >= 11 is 5.77. The molecule has 0 saturated carbocycles. The van der Waals surface area contributed by atoms with Crippen LogP contribution in [0.1, 0.15) is 15.9 Å². The number of carbonyl (C=O) groups excluding carboxylic acids is 1. The monoisotopic (exact) mass is 270 g/mol. The highest BCUT2D eigenvalue weighted by Gasteiger charge is 2.08. The van der Waals surface area contributed by atoms with E-state index in [0.29, 0.717) is 11.3 Å². The Morgan fingerprint density at radius 1 is 1.37 bits per heavy atom. The molecule has 1 heterocycles. The van der Waals surface area contributed by atoms with Crippen LogP contribution < -0.4 is 10.2 Å². The van der Waals surface area contributed by atoms with Gasteiger partial charge in [-0.2, -0.15) is 5.26 Å². The molecule has 4 nitrogen and oxygen atoms in total. The van der Waals surface area contributed by atoms with Crippen LogP contribution in [0.15, 0.2) is 30.3 Å². The Morgan fingerprint density at radius 3 is 2.84 bits per heavy atom. The number of benzene rings is 1. The van der Waals surface area contributed by atoms with Crippen LogP contribution in [0.3, 0.4) is 0 Å². The van der Waals surface area contributed by atoms with Gasteiger partial charge >= 0.3 is 0 Å². The zero-order valence-electron chi connectivity index (χ0n) is 10.1. The summed E-state index contributed by atoms with van der Waals surface area (Å²) in [6.45, 7) is 0. The zero-order valence-corrected chi connectivity index (χ0v) is 10.8. The van der Waals surface area contributed by atoms with E-state index in [1.54, 1.807) is 18.2 Å². The molecule has 0 saturated heterocycles. The molecular formula is C13H8BClN2O2. The fourth-order valence-corrected chi connectivity index (χ4v) is 1.64. The van der Waals surface area contributed by atoms with Gasteiger partial charge in [-0.05, 0) is 24.3 Å². The second-order valence-corrected chi connectivity index (χ2v) is 4.22. The number of aromatic nitrogens is 1. The van der Waals surface area contributed by atoms with Crippen LogP contribution in [-0.2, 0) is 0 Å². The summed E-state index contributed by atoms with van der Waals surface area (Å²) in [6.07, 6.45) is 0.749. The normalized spacial score (nSPS) is 9.68. The topological polar surface area (TPSA) is 63.0 Å². The van der Waals surface area contributed by atoms with Gasteiger partial charge in [0.1, 0.15) is 36.7 Å². The maximum atomic E-state index is 10.9. The summed E-state index contributed by atoms with van der Waals surface area (Å²) in [5.41, 5.74) is 1.65. The van der Waals surface area contributed by atoms with Crippen LogP contribution in [0.4, 0.5) is 0 Å². The second kappa shape index (κ2) is 5.55. The molecule has 2 aromatic rings.